The van der Waals surface area contributed by atoms with Gasteiger partial charge in [0, 0.05) is 6.07 Å². The van der Waals surface area contributed by atoms with Gasteiger partial charge in [-0.3, -0.25) is 9.79 Å². The minimum atomic E-state index is -0.160. The lowest BCUT2D eigenvalue weighted by Gasteiger charge is -1.84. The number of H-pyrrole nitrogens is 1. The number of hydrogen-bond acceptors (Lipinski definition) is 2. The summed E-state index contributed by atoms with van der Waals surface area (Å²) in [5.41, 5.74) is -0.160. The molecule has 1 aromatic rings. The highest BCUT2D eigenvalue weighted by Gasteiger charge is 1.82. The largest absolute Gasteiger partial charge is 0.321 e. The van der Waals surface area contributed by atoms with E-state index in [4.69, 9.17) is 0 Å². The van der Waals surface area contributed by atoms with Crippen molar-refractivity contribution in [3.63, 3.8) is 0 Å². The number of aromatic amines is 1. The van der Waals surface area contributed by atoms with E-state index >= 15 is 0 Å². The van der Waals surface area contributed by atoms with Gasteiger partial charge in [-0.25, -0.2) is 0 Å². The van der Waals surface area contributed by atoms with E-state index in [-0.39, 0.29) is 5.56 Å². The molecule has 0 saturated carbocycles. The molecule has 0 fully saturated rings. The van der Waals surface area contributed by atoms with Crippen LogP contribution in [0.4, 0.5) is 0 Å². The van der Waals surface area contributed by atoms with Crippen molar-refractivity contribution in [1.82, 2.24) is 4.98 Å². The number of hydrogen-bond donors (Lipinski definition) is 1. The minimum absolute atomic E-state index is 0.160. The monoisotopic (exact) mass is 148 g/mol. The Kier molecular flexibility index (Phi) is 2.01. The summed E-state index contributed by atoms with van der Waals surface area (Å²) in [5, 5.41) is 1.34. The van der Waals surface area contributed by atoms with Gasteiger partial charge in [0.1, 0.15) is 0 Å². The molecule has 56 valence electrons. The molecule has 0 aliphatic heterocycles. The standard InChI is InChI=1S/C8H8N2O/c1-6-3-4-8(11)10-7(6)5-9-2/h3-5H,1-2H2,(H,10,11)/b7-5+. The average molecular weight is 148 g/mol. The van der Waals surface area contributed by atoms with E-state index in [1.54, 1.807) is 6.07 Å². The lowest BCUT2D eigenvalue weighted by Crippen LogP contribution is -2.32. The maximum atomic E-state index is 10.8. The molecule has 0 amide bonds. The van der Waals surface area contributed by atoms with Crippen LogP contribution in [0.2, 0.25) is 0 Å². The first-order chi connectivity index (χ1) is 5.24. The summed E-state index contributed by atoms with van der Waals surface area (Å²) in [5.74, 6) is 0. The lowest BCUT2D eigenvalue weighted by atomic mass is 10.4. The SMILES string of the molecule is C=N/C=c1/[nH]c(=O)ccc1=C. The summed E-state index contributed by atoms with van der Waals surface area (Å²) in [7, 11) is 0. The van der Waals surface area contributed by atoms with Crippen LogP contribution in [0.5, 0.6) is 0 Å². The molecule has 0 aliphatic carbocycles. The smallest absolute Gasteiger partial charge is 0.248 e. The van der Waals surface area contributed by atoms with Gasteiger partial charge in [-0.15, -0.1) is 0 Å². The van der Waals surface area contributed by atoms with E-state index in [1.165, 1.54) is 12.3 Å². The Morgan fingerprint density at radius 3 is 2.91 bits per heavy atom. The fourth-order valence-electron chi connectivity index (χ4n) is 0.727. The Morgan fingerprint density at radius 2 is 2.27 bits per heavy atom. The number of nitrogens with one attached hydrogen (secondary N) is 1. The third-order valence-electron chi connectivity index (χ3n) is 1.26. The fourth-order valence-corrected chi connectivity index (χ4v) is 0.727. The van der Waals surface area contributed by atoms with Gasteiger partial charge in [-0.2, -0.15) is 0 Å². The van der Waals surface area contributed by atoms with Gasteiger partial charge in [0.05, 0.1) is 11.5 Å². The van der Waals surface area contributed by atoms with Gasteiger partial charge >= 0.3 is 0 Å². The first kappa shape index (κ1) is 7.47. The molecule has 0 unspecified atom stereocenters. The topological polar surface area (TPSA) is 45.2 Å². The van der Waals surface area contributed by atoms with Gasteiger partial charge < -0.3 is 4.98 Å². The predicted molar refractivity (Wildman–Crippen MR) is 45.8 cm³/mol. The molecule has 0 bridgehead atoms. The number of aromatic nitrogens is 1. The predicted octanol–water partition coefficient (Wildman–Crippen LogP) is -0.776. The van der Waals surface area contributed by atoms with Crippen LogP contribution in [-0.2, 0) is 0 Å². The Labute approximate surface area is 63.4 Å². The van der Waals surface area contributed by atoms with Crippen molar-refractivity contribution in [3.05, 3.63) is 33.1 Å². The number of pyridine rings is 1. The molecular weight excluding hydrogens is 140 g/mol. The summed E-state index contributed by atoms with van der Waals surface area (Å²) in [4.78, 5) is 16.8. The van der Waals surface area contributed by atoms with Crippen molar-refractivity contribution in [2.24, 2.45) is 4.99 Å². The summed E-state index contributed by atoms with van der Waals surface area (Å²) in [6.07, 6.45) is 1.46. The van der Waals surface area contributed by atoms with Crippen LogP contribution in [0, 0.1) is 0 Å². The van der Waals surface area contributed by atoms with E-state index in [2.05, 4.69) is 23.3 Å². The average Bonchev–Trinajstić information content (AvgIpc) is 1.98. The molecule has 0 aliphatic rings. The van der Waals surface area contributed by atoms with Crippen molar-refractivity contribution >= 4 is 19.5 Å². The molecule has 0 saturated heterocycles. The van der Waals surface area contributed by atoms with Crippen LogP contribution >= 0.6 is 0 Å². The highest BCUT2D eigenvalue weighted by atomic mass is 16.1. The summed E-state index contributed by atoms with van der Waals surface area (Å²) < 4.78 is 0. The molecule has 1 N–H and O–H groups in total. The number of nitrogens with zero attached hydrogens (tertiary/aromatic N) is 1. The molecule has 11 heavy (non-hydrogen) atoms. The number of rotatable bonds is 1. The second-order valence-electron chi connectivity index (χ2n) is 2.07. The fraction of sp³-hybridized carbons (Fsp3) is 0. The van der Waals surface area contributed by atoms with Crippen LogP contribution < -0.4 is 16.1 Å². The molecule has 3 heteroatoms. The summed E-state index contributed by atoms with van der Waals surface area (Å²) >= 11 is 0. The zero-order valence-electron chi connectivity index (χ0n) is 6.00. The third kappa shape index (κ3) is 1.64. The van der Waals surface area contributed by atoms with Crippen molar-refractivity contribution < 1.29 is 0 Å². The molecule has 1 aromatic heterocycles. The molecule has 1 heterocycles. The lowest BCUT2D eigenvalue weighted by molar-refractivity contribution is 1.15. The van der Waals surface area contributed by atoms with E-state index < -0.39 is 0 Å². The number of aliphatic imine (C=N–C) groups is 1. The summed E-state index contributed by atoms with van der Waals surface area (Å²) in [6.45, 7) is 6.96. The van der Waals surface area contributed by atoms with Crippen LogP contribution in [0.25, 0.3) is 12.8 Å². The van der Waals surface area contributed by atoms with Crippen LogP contribution in [0.15, 0.2) is 21.9 Å². The molecule has 0 spiro atoms. The van der Waals surface area contributed by atoms with Crippen LogP contribution in [0.3, 0.4) is 0 Å². The Bertz CT molecular complexity index is 416. The molecule has 0 aromatic carbocycles. The van der Waals surface area contributed by atoms with Gasteiger partial charge in [-0.1, -0.05) is 6.58 Å². The zero-order chi connectivity index (χ0) is 8.27. The van der Waals surface area contributed by atoms with E-state index in [0.717, 1.165) is 5.22 Å². The van der Waals surface area contributed by atoms with Crippen molar-refractivity contribution in [1.29, 1.82) is 0 Å². The first-order valence-corrected chi connectivity index (χ1v) is 3.08. The second-order valence-corrected chi connectivity index (χ2v) is 2.07. The third-order valence-corrected chi connectivity index (χ3v) is 1.26. The van der Waals surface area contributed by atoms with Gasteiger partial charge in [-0.05, 0) is 18.0 Å². The highest BCUT2D eigenvalue weighted by Crippen LogP contribution is 1.59. The van der Waals surface area contributed by atoms with Crippen molar-refractivity contribution in [2.45, 2.75) is 0 Å². The molecule has 3 nitrogen and oxygen atoms in total. The first-order valence-electron chi connectivity index (χ1n) is 3.08. The van der Waals surface area contributed by atoms with Gasteiger partial charge in [0.2, 0.25) is 5.56 Å². The maximum absolute atomic E-state index is 10.8. The quantitative estimate of drug-likeness (QED) is 0.522. The maximum Gasteiger partial charge on any atom is 0.248 e. The minimum Gasteiger partial charge on any atom is -0.321 e. The summed E-state index contributed by atoms with van der Waals surface area (Å²) in [6, 6.07) is 3.05. The van der Waals surface area contributed by atoms with Crippen molar-refractivity contribution in [3.8, 4) is 0 Å². The Morgan fingerprint density at radius 1 is 1.55 bits per heavy atom. The molecule has 1 rings (SSSR count). The zero-order valence-corrected chi connectivity index (χ0v) is 6.00. The van der Waals surface area contributed by atoms with Gasteiger partial charge in [0.25, 0.3) is 0 Å². The second kappa shape index (κ2) is 2.96. The van der Waals surface area contributed by atoms with E-state index in [1.807, 2.05) is 0 Å². The van der Waals surface area contributed by atoms with Crippen molar-refractivity contribution in [2.75, 3.05) is 0 Å². The van der Waals surface area contributed by atoms with E-state index in [9.17, 15) is 4.79 Å². The molecule has 0 radical (unpaired) electrons. The van der Waals surface area contributed by atoms with Crippen LogP contribution in [-0.4, -0.2) is 11.7 Å². The Hall–Kier alpha value is -1.64. The highest BCUT2D eigenvalue weighted by molar-refractivity contribution is 5.35. The Balaban J connectivity index is 3.60. The van der Waals surface area contributed by atoms with Gasteiger partial charge in [0.15, 0.2) is 0 Å². The van der Waals surface area contributed by atoms with E-state index in [0.29, 0.717) is 5.35 Å². The van der Waals surface area contributed by atoms with Crippen LogP contribution in [0.1, 0.15) is 0 Å². The normalized spacial score (nSPS) is 11.5. The molecule has 0 atom stereocenters. The molecular formula is C8H8N2O.